The molecule has 1 aliphatic rings. The third kappa shape index (κ3) is 5.31. The highest BCUT2D eigenvalue weighted by atomic mass is 16.5. The number of hydrogen-bond donors (Lipinski definition) is 1. The first-order valence-electron chi connectivity index (χ1n) is 6.35. The predicted molar refractivity (Wildman–Crippen MR) is 70.6 cm³/mol. The lowest BCUT2D eigenvalue weighted by Gasteiger charge is -2.19. The van der Waals surface area contributed by atoms with Crippen LogP contribution in [0.4, 0.5) is 0 Å². The third-order valence-electron chi connectivity index (χ3n) is 2.54. The molecule has 16 heavy (non-hydrogen) atoms. The molecule has 0 aromatic rings. The molecule has 1 aliphatic heterocycles. The van der Waals surface area contributed by atoms with Gasteiger partial charge in [-0.05, 0) is 44.4 Å². The van der Waals surface area contributed by atoms with Gasteiger partial charge < -0.3 is 10.5 Å². The summed E-state index contributed by atoms with van der Waals surface area (Å²) in [7, 11) is 0. The van der Waals surface area contributed by atoms with Gasteiger partial charge >= 0.3 is 0 Å². The van der Waals surface area contributed by atoms with Crippen LogP contribution in [-0.2, 0) is 4.74 Å². The van der Waals surface area contributed by atoms with Crippen molar-refractivity contribution >= 4 is 5.71 Å². The maximum absolute atomic E-state index is 5.53. The van der Waals surface area contributed by atoms with Crippen molar-refractivity contribution in [3.8, 4) is 0 Å². The van der Waals surface area contributed by atoms with Crippen LogP contribution < -0.4 is 5.73 Å². The molecule has 1 fully saturated rings. The third-order valence-corrected chi connectivity index (χ3v) is 2.54. The van der Waals surface area contributed by atoms with E-state index in [9.17, 15) is 0 Å². The van der Waals surface area contributed by atoms with Gasteiger partial charge in [-0.1, -0.05) is 20.8 Å². The van der Waals surface area contributed by atoms with Crippen LogP contribution in [0.15, 0.2) is 16.8 Å². The van der Waals surface area contributed by atoms with Crippen LogP contribution in [0, 0.1) is 0 Å². The molecular formula is C13H26N2O. The highest BCUT2D eigenvalue weighted by Gasteiger charge is 2.12. The predicted octanol–water partition coefficient (Wildman–Crippen LogP) is 3.25. The molecule has 0 bridgehead atoms. The number of aliphatic imine (C=N–C) groups is 1. The summed E-state index contributed by atoms with van der Waals surface area (Å²) in [5.41, 5.74) is 7.63. The van der Waals surface area contributed by atoms with Gasteiger partial charge in [0.1, 0.15) is 6.23 Å². The SMILES string of the molecule is CC.CCC(=C/N)/C(C)=N/C1CCCCO1. The molecule has 1 atom stereocenters. The lowest BCUT2D eigenvalue weighted by Crippen LogP contribution is -2.18. The number of allylic oxidation sites excluding steroid dienone is 1. The lowest BCUT2D eigenvalue weighted by atomic mass is 10.1. The molecule has 1 heterocycles. The number of nitrogens with zero attached hydrogens (tertiary/aromatic N) is 1. The normalized spacial score (nSPS) is 22.4. The van der Waals surface area contributed by atoms with E-state index < -0.39 is 0 Å². The maximum Gasteiger partial charge on any atom is 0.148 e. The highest BCUT2D eigenvalue weighted by Crippen LogP contribution is 2.15. The molecular weight excluding hydrogens is 200 g/mol. The van der Waals surface area contributed by atoms with Gasteiger partial charge in [0.2, 0.25) is 0 Å². The van der Waals surface area contributed by atoms with E-state index in [1.807, 2.05) is 20.8 Å². The van der Waals surface area contributed by atoms with Crippen molar-refractivity contribution < 1.29 is 4.74 Å². The molecule has 3 heteroatoms. The molecule has 0 aliphatic carbocycles. The molecule has 1 unspecified atom stereocenters. The Morgan fingerprint density at radius 2 is 2.12 bits per heavy atom. The quantitative estimate of drug-likeness (QED) is 0.751. The first kappa shape index (κ1) is 15.2. The van der Waals surface area contributed by atoms with Gasteiger partial charge in [-0.25, -0.2) is 0 Å². The van der Waals surface area contributed by atoms with Crippen LogP contribution in [0.1, 0.15) is 53.4 Å². The molecule has 2 N–H and O–H groups in total. The van der Waals surface area contributed by atoms with Gasteiger partial charge in [-0.2, -0.15) is 0 Å². The summed E-state index contributed by atoms with van der Waals surface area (Å²) >= 11 is 0. The van der Waals surface area contributed by atoms with Crippen LogP contribution >= 0.6 is 0 Å². The van der Waals surface area contributed by atoms with Gasteiger partial charge in [0.05, 0.1) is 0 Å². The largest absolute Gasteiger partial charge is 0.404 e. The summed E-state index contributed by atoms with van der Waals surface area (Å²) in [4.78, 5) is 4.52. The Labute approximate surface area is 99.8 Å². The van der Waals surface area contributed by atoms with Gasteiger partial charge in [-0.3, -0.25) is 4.99 Å². The summed E-state index contributed by atoms with van der Waals surface area (Å²) in [6.45, 7) is 8.93. The van der Waals surface area contributed by atoms with Crippen LogP contribution in [0.2, 0.25) is 0 Å². The van der Waals surface area contributed by atoms with E-state index in [1.54, 1.807) is 6.20 Å². The number of ether oxygens (including phenoxy) is 1. The van der Waals surface area contributed by atoms with Gasteiger partial charge in [0.15, 0.2) is 0 Å². The zero-order chi connectivity index (χ0) is 12.4. The monoisotopic (exact) mass is 226 g/mol. The molecule has 1 rings (SSSR count). The van der Waals surface area contributed by atoms with Crippen molar-refractivity contribution in [1.82, 2.24) is 0 Å². The van der Waals surface area contributed by atoms with Crippen LogP contribution in [0.5, 0.6) is 0 Å². The molecule has 0 aromatic heterocycles. The first-order valence-corrected chi connectivity index (χ1v) is 6.35. The van der Waals surface area contributed by atoms with E-state index >= 15 is 0 Å². The molecule has 0 aromatic carbocycles. The Morgan fingerprint density at radius 3 is 2.56 bits per heavy atom. The summed E-state index contributed by atoms with van der Waals surface area (Å²) in [5, 5.41) is 0. The molecule has 1 saturated heterocycles. The molecule has 0 spiro atoms. The van der Waals surface area contributed by atoms with Gasteiger partial charge in [-0.15, -0.1) is 0 Å². The summed E-state index contributed by atoms with van der Waals surface area (Å²) in [5.74, 6) is 0. The Morgan fingerprint density at radius 1 is 1.44 bits per heavy atom. The minimum Gasteiger partial charge on any atom is -0.404 e. The zero-order valence-electron chi connectivity index (χ0n) is 11.1. The van der Waals surface area contributed by atoms with Crippen LogP contribution in [0.25, 0.3) is 0 Å². The number of nitrogens with two attached hydrogens (primary N) is 1. The van der Waals surface area contributed by atoms with Crippen molar-refractivity contribution in [2.24, 2.45) is 10.7 Å². The first-order chi connectivity index (χ1) is 7.77. The average Bonchev–Trinajstić information content (AvgIpc) is 2.34. The van der Waals surface area contributed by atoms with Crippen molar-refractivity contribution in [3.05, 3.63) is 11.8 Å². The Hall–Kier alpha value is -0.830. The van der Waals surface area contributed by atoms with E-state index in [1.165, 1.54) is 12.8 Å². The fourth-order valence-corrected chi connectivity index (χ4v) is 1.62. The van der Waals surface area contributed by atoms with E-state index in [0.29, 0.717) is 0 Å². The van der Waals surface area contributed by atoms with E-state index in [4.69, 9.17) is 10.5 Å². The van der Waals surface area contributed by atoms with Crippen molar-refractivity contribution in [1.29, 1.82) is 0 Å². The summed E-state index contributed by atoms with van der Waals surface area (Å²) < 4.78 is 5.53. The second kappa shape index (κ2) is 9.40. The highest BCUT2D eigenvalue weighted by molar-refractivity contribution is 5.98. The average molecular weight is 226 g/mol. The Balaban J connectivity index is 0.00000106. The molecule has 3 nitrogen and oxygen atoms in total. The molecule has 0 saturated carbocycles. The van der Waals surface area contributed by atoms with E-state index in [0.717, 1.165) is 30.7 Å². The fourth-order valence-electron chi connectivity index (χ4n) is 1.62. The second-order valence-electron chi connectivity index (χ2n) is 3.58. The minimum atomic E-state index is 0.0604. The summed E-state index contributed by atoms with van der Waals surface area (Å²) in [6, 6.07) is 0. The lowest BCUT2D eigenvalue weighted by molar-refractivity contribution is 0.0223. The second-order valence-corrected chi connectivity index (χ2v) is 3.58. The molecule has 0 amide bonds. The van der Waals surface area contributed by atoms with E-state index in [2.05, 4.69) is 11.9 Å². The Kier molecular flexibility index (Phi) is 8.91. The zero-order valence-corrected chi connectivity index (χ0v) is 11.1. The number of hydrogen-bond acceptors (Lipinski definition) is 3. The van der Waals surface area contributed by atoms with Crippen LogP contribution in [0.3, 0.4) is 0 Å². The van der Waals surface area contributed by atoms with Gasteiger partial charge in [0, 0.05) is 12.3 Å². The maximum atomic E-state index is 5.53. The topological polar surface area (TPSA) is 47.6 Å². The van der Waals surface area contributed by atoms with Crippen molar-refractivity contribution in [2.75, 3.05) is 6.61 Å². The van der Waals surface area contributed by atoms with Crippen molar-refractivity contribution in [2.45, 2.75) is 59.6 Å². The molecule has 0 radical (unpaired) electrons. The number of rotatable bonds is 3. The standard InChI is InChI=1S/C11H20N2O.C2H6/c1-3-10(8-12)9(2)13-11-6-4-5-7-14-11;1-2/h8,11H,3-7,12H2,1-2H3;1-2H3/b10-8-,13-9+;. The van der Waals surface area contributed by atoms with E-state index in [-0.39, 0.29) is 6.23 Å². The van der Waals surface area contributed by atoms with Crippen molar-refractivity contribution in [3.63, 3.8) is 0 Å². The fraction of sp³-hybridized carbons (Fsp3) is 0.769. The molecule has 94 valence electrons. The van der Waals surface area contributed by atoms with Crippen LogP contribution in [-0.4, -0.2) is 18.5 Å². The Bertz CT molecular complexity index is 228. The summed E-state index contributed by atoms with van der Waals surface area (Å²) in [6.07, 6.45) is 6.05. The smallest absolute Gasteiger partial charge is 0.148 e. The van der Waals surface area contributed by atoms with Gasteiger partial charge in [0.25, 0.3) is 0 Å². The minimum absolute atomic E-state index is 0.0604.